The van der Waals surface area contributed by atoms with Gasteiger partial charge >= 0.3 is 0 Å². The Morgan fingerprint density at radius 2 is 1.88 bits per heavy atom. The summed E-state index contributed by atoms with van der Waals surface area (Å²) in [5, 5.41) is 3.42. The lowest BCUT2D eigenvalue weighted by molar-refractivity contribution is -0.0200. The second-order valence-corrected chi connectivity index (χ2v) is 5.45. The van der Waals surface area contributed by atoms with E-state index in [0.29, 0.717) is 24.2 Å². The molecular formula is C13H27NO2. The van der Waals surface area contributed by atoms with Crippen LogP contribution in [0.25, 0.3) is 0 Å². The standard InChI is InChI=1S/C13H27NO2/c1-10(2)8-15-9-13-6-5-12(16-13)7-14-11(3)4/h10-14H,5-9H2,1-4H3. The summed E-state index contributed by atoms with van der Waals surface area (Å²) in [4.78, 5) is 0. The van der Waals surface area contributed by atoms with Crippen molar-refractivity contribution in [1.82, 2.24) is 5.32 Å². The van der Waals surface area contributed by atoms with Crippen LogP contribution in [0, 0.1) is 5.92 Å². The van der Waals surface area contributed by atoms with E-state index >= 15 is 0 Å². The summed E-state index contributed by atoms with van der Waals surface area (Å²) in [7, 11) is 0. The Kier molecular flexibility index (Phi) is 6.32. The van der Waals surface area contributed by atoms with E-state index in [4.69, 9.17) is 9.47 Å². The molecule has 0 bridgehead atoms. The van der Waals surface area contributed by atoms with Crippen LogP contribution in [-0.4, -0.2) is 38.0 Å². The van der Waals surface area contributed by atoms with Gasteiger partial charge in [-0.25, -0.2) is 0 Å². The SMILES string of the molecule is CC(C)COCC1CCC(CNC(C)C)O1. The molecule has 1 saturated heterocycles. The van der Waals surface area contributed by atoms with Crippen LogP contribution >= 0.6 is 0 Å². The molecule has 1 rings (SSSR count). The molecule has 0 saturated carbocycles. The van der Waals surface area contributed by atoms with E-state index in [1.54, 1.807) is 0 Å². The van der Waals surface area contributed by atoms with E-state index in [1.807, 2.05) is 0 Å². The Morgan fingerprint density at radius 3 is 2.50 bits per heavy atom. The minimum atomic E-state index is 0.317. The van der Waals surface area contributed by atoms with Crippen molar-refractivity contribution in [3.05, 3.63) is 0 Å². The number of hydrogen-bond acceptors (Lipinski definition) is 3. The third-order valence-electron chi connectivity index (χ3n) is 2.70. The summed E-state index contributed by atoms with van der Waals surface area (Å²) in [6.07, 6.45) is 3.01. The van der Waals surface area contributed by atoms with E-state index in [-0.39, 0.29) is 0 Å². The third kappa shape index (κ3) is 5.83. The highest BCUT2D eigenvalue weighted by molar-refractivity contribution is 4.75. The lowest BCUT2D eigenvalue weighted by Gasteiger charge is -2.16. The van der Waals surface area contributed by atoms with Crippen LogP contribution in [0.15, 0.2) is 0 Å². The fourth-order valence-electron chi connectivity index (χ4n) is 1.86. The molecule has 0 aromatic carbocycles. The smallest absolute Gasteiger partial charge is 0.0813 e. The summed E-state index contributed by atoms with van der Waals surface area (Å²) in [5.74, 6) is 0.611. The molecule has 0 amide bonds. The summed E-state index contributed by atoms with van der Waals surface area (Å²) in [6.45, 7) is 11.2. The van der Waals surface area contributed by atoms with Gasteiger partial charge in [0.05, 0.1) is 18.8 Å². The van der Waals surface area contributed by atoms with Crippen LogP contribution in [0.1, 0.15) is 40.5 Å². The molecule has 0 spiro atoms. The molecule has 1 N–H and O–H groups in total. The summed E-state index contributed by atoms with van der Waals surface area (Å²) in [5.41, 5.74) is 0. The molecule has 1 fully saturated rings. The molecule has 0 radical (unpaired) electrons. The van der Waals surface area contributed by atoms with Gasteiger partial charge in [-0.3, -0.25) is 0 Å². The lowest BCUT2D eigenvalue weighted by atomic mass is 10.2. The Balaban J connectivity index is 2.05. The van der Waals surface area contributed by atoms with Crippen molar-refractivity contribution in [2.45, 2.75) is 58.8 Å². The van der Waals surface area contributed by atoms with Crippen molar-refractivity contribution in [1.29, 1.82) is 0 Å². The highest BCUT2D eigenvalue weighted by Crippen LogP contribution is 2.19. The molecule has 0 aliphatic carbocycles. The first-order valence-corrected chi connectivity index (χ1v) is 6.54. The van der Waals surface area contributed by atoms with Crippen molar-refractivity contribution in [2.75, 3.05) is 19.8 Å². The minimum Gasteiger partial charge on any atom is -0.378 e. The zero-order valence-corrected chi connectivity index (χ0v) is 11.2. The molecule has 1 heterocycles. The van der Waals surface area contributed by atoms with Crippen LogP contribution in [0.4, 0.5) is 0 Å². The number of hydrogen-bond donors (Lipinski definition) is 1. The first-order valence-electron chi connectivity index (χ1n) is 6.54. The average molecular weight is 229 g/mol. The van der Waals surface area contributed by atoms with E-state index in [0.717, 1.165) is 32.6 Å². The minimum absolute atomic E-state index is 0.317. The first-order chi connectivity index (χ1) is 7.58. The van der Waals surface area contributed by atoms with Crippen LogP contribution in [0.5, 0.6) is 0 Å². The van der Waals surface area contributed by atoms with Crippen molar-refractivity contribution < 1.29 is 9.47 Å². The molecule has 2 unspecified atom stereocenters. The van der Waals surface area contributed by atoms with E-state index < -0.39 is 0 Å². The lowest BCUT2D eigenvalue weighted by Crippen LogP contribution is -2.32. The normalized spacial score (nSPS) is 25.9. The Labute approximate surface area is 99.9 Å². The predicted molar refractivity (Wildman–Crippen MR) is 66.7 cm³/mol. The number of ether oxygens (including phenoxy) is 2. The zero-order valence-electron chi connectivity index (χ0n) is 11.2. The van der Waals surface area contributed by atoms with Gasteiger partial charge in [-0.15, -0.1) is 0 Å². The van der Waals surface area contributed by atoms with Gasteiger partial charge in [0.2, 0.25) is 0 Å². The summed E-state index contributed by atoms with van der Waals surface area (Å²) < 4.78 is 11.5. The van der Waals surface area contributed by atoms with Crippen molar-refractivity contribution in [2.24, 2.45) is 5.92 Å². The molecule has 1 aliphatic rings. The fourth-order valence-corrected chi connectivity index (χ4v) is 1.86. The molecule has 3 heteroatoms. The van der Waals surface area contributed by atoms with Gasteiger partial charge in [-0.2, -0.15) is 0 Å². The molecule has 96 valence electrons. The highest BCUT2D eigenvalue weighted by Gasteiger charge is 2.25. The zero-order chi connectivity index (χ0) is 12.0. The second-order valence-electron chi connectivity index (χ2n) is 5.45. The highest BCUT2D eigenvalue weighted by atomic mass is 16.5. The quantitative estimate of drug-likeness (QED) is 0.726. The topological polar surface area (TPSA) is 30.5 Å². The van der Waals surface area contributed by atoms with E-state index in [1.165, 1.54) is 0 Å². The van der Waals surface area contributed by atoms with Crippen LogP contribution in [0.3, 0.4) is 0 Å². The van der Waals surface area contributed by atoms with E-state index in [2.05, 4.69) is 33.0 Å². The van der Waals surface area contributed by atoms with Gasteiger partial charge in [0.1, 0.15) is 0 Å². The molecule has 0 aromatic heterocycles. The van der Waals surface area contributed by atoms with Crippen molar-refractivity contribution >= 4 is 0 Å². The van der Waals surface area contributed by atoms with Crippen LogP contribution in [0.2, 0.25) is 0 Å². The summed E-state index contributed by atoms with van der Waals surface area (Å²) in [6, 6.07) is 0.542. The maximum Gasteiger partial charge on any atom is 0.0813 e. The Morgan fingerprint density at radius 1 is 1.19 bits per heavy atom. The Hall–Kier alpha value is -0.120. The van der Waals surface area contributed by atoms with Crippen LogP contribution in [-0.2, 0) is 9.47 Å². The molecule has 2 atom stereocenters. The maximum absolute atomic E-state index is 5.91. The average Bonchev–Trinajstić information content (AvgIpc) is 2.62. The molecule has 0 aromatic rings. The van der Waals surface area contributed by atoms with Gasteiger partial charge < -0.3 is 14.8 Å². The molecule has 3 nitrogen and oxygen atoms in total. The van der Waals surface area contributed by atoms with E-state index in [9.17, 15) is 0 Å². The molecule has 1 aliphatic heterocycles. The van der Waals surface area contributed by atoms with Crippen LogP contribution < -0.4 is 5.32 Å². The second kappa shape index (κ2) is 7.25. The Bertz CT molecular complexity index is 183. The van der Waals surface area contributed by atoms with Gasteiger partial charge in [0.25, 0.3) is 0 Å². The molecule has 16 heavy (non-hydrogen) atoms. The summed E-state index contributed by atoms with van der Waals surface area (Å²) >= 11 is 0. The fraction of sp³-hybridized carbons (Fsp3) is 1.00. The van der Waals surface area contributed by atoms with Gasteiger partial charge in [-0.05, 0) is 18.8 Å². The predicted octanol–water partition coefficient (Wildman–Crippen LogP) is 2.20. The molecular weight excluding hydrogens is 202 g/mol. The number of rotatable bonds is 7. The maximum atomic E-state index is 5.91. The van der Waals surface area contributed by atoms with Gasteiger partial charge in [0.15, 0.2) is 0 Å². The van der Waals surface area contributed by atoms with Crippen molar-refractivity contribution in [3.63, 3.8) is 0 Å². The largest absolute Gasteiger partial charge is 0.378 e. The monoisotopic (exact) mass is 229 g/mol. The third-order valence-corrected chi connectivity index (χ3v) is 2.70. The van der Waals surface area contributed by atoms with Crippen molar-refractivity contribution in [3.8, 4) is 0 Å². The number of nitrogens with one attached hydrogen (secondary N) is 1. The first kappa shape index (κ1) is 13.9. The van der Waals surface area contributed by atoms with Gasteiger partial charge in [0, 0.05) is 19.2 Å². The van der Waals surface area contributed by atoms with Gasteiger partial charge in [-0.1, -0.05) is 27.7 Å².